The first kappa shape index (κ1) is 11.3. The molecule has 0 spiro atoms. The molecule has 2 aromatic heterocycles. The van der Waals surface area contributed by atoms with Crippen molar-refractivity contribution < 1.29 is 5.11 Å². The summed E-state index contributed by atoms with van der Waals surface area (Å²) in [6.07, 6.45) is 3.19. The maximum Gasteiger partial charge on any atom is 0.200 e. The molecular weight excluding hydrogens is 232 g/mol. The van der Waals surface area contributed by atoms with Gasteiger partial charge in [0.2, 0.25) is 0 Å². The van der Waals surface area contributed by atoms with Crippen LogP contribution in [0.25, 0.3) is 5.65 Å². The van der Waals surface area contributed by atoms with Crippen molar-refractivity contribution in [3.8, 4) is 0 Å². The summed E-state index contributed by atoms with van der Waals surface area (Å²) in [4.78, 5) is 2.24. The first-order valence-electron chi connectivity index (χ1n) is 6.28. The molecule has 7 heteroatoms. The van der Waals surface area contributed by atoms with Gasteiger partial charge in [0.15, 0.2) is 11.5 Å². The predicted molar refractivity (Wildman–Crippen MR) is 65.2 cm³/mol. The molecule has 1 saturated heterocycles. The summed E-state index contributed by atoms with van der Waals surface area (Å²) in [5.74, 6) is 1.45. The van der Waals surface area contributed by atoms with Crippen LogP contribution in [-0.4, -0.2) is 50.1 Å². The molecule has 1 aliphatic heterocycles. The molecule has 0 aliphatic carbocycles. The largest absolute Gasteiger partial charge is 0.396 e. The molecule has 3 heterocycles. The normalized spacial score (nSPS) is 20.5. The lowest BCUT2D eigenvalue weighted by atomic mass is 9.95. The summed E-state index contributed by atoms with van der Waals surface area (Å²) in [7, 11) is 0. The minimum atomic E-state index is 0.262. The topological polar surface area (TPSA) is 79.4 Å². The van der Waals surface area contributed by atoms with Crippen LogP contribution < -0.4 is 4.90 Å². The quantitative estimate of drug-likeness (QED) is 0.831. The van der Waals surface area contributed by atoms with E-state index >= 15 is 0 Å². The third-order valence-corrected chi connectivity index (χ3v) is 3.44. The average molecular weight is 248 g/mol. The summed E-state index contributed by atoms with van der Waals surface area (Å²) in [5.41, 5.74) is 0.655. The molecule has 3 rings (SSSR count). The van der Waals surface area contributed by atoms with Gasteiger partial charge in [0.1, 0.15) is 0 Å². The molecule has 0 bridgehead atoms. The van der Waals surface area contributed by atoms with Crippen LogP contribution in [0.5, 0.6) is 0 Å². The number of aliphatic hydroxyl groups is 1. The van der Waals surface area contributed by atoms with Crippen molar-refractivity contribution in [3.05, 3.63) is 12.1 Å². The summed E-state index contributed by atoms with van der Waals surface area (Å²) < 4.78 is 1.45. The molecule has 2 aromatic rings. The fourth-order valence-corrected chi connectivity index (χ4v) is 2.50. The third kappa shape index (κ3) is 2.13. The molecule has 1 fully saturated rings. The molecule has 0 radical (unpaired) electrons. The van der Waals surface area contributed by atoms with Crippen LogP contribution in [0.3, 0.4) is 0 Å². The highest BCUT2D eigenvalue weighted by Crippen LogP contribution is 2.23. The van der Waals surface area contributed by atoms with E-state index in [0.29, 0.717) is 11.6 Å². The number of hydrogen-bond donors (Lipinski definition) is 1. The van der Waals surface area contributed by atoms with E-state index in [2.05, 4.69) is 25.5 Å². The van der Waals surface area contributed by atoms with Crippen molar-refractivity contribution in [2.75, 3.05) is 24.6 Å². The third-order valence-electron chi connectivity index (χ3n) is 3.44. The zero-order valence-corrected chi connectivity index (χ0v) is 10.1. The van der Waals surface area contributed by atoms with E-state index in [1.165, 1.54) is 11.1 Å². The summed E-state index contributed by atoms with van der Waals surface area (Å²) in [5, 5.41) is 24.6. The Morgan fingerprint density at radius 2 is 2.33 bits per heavy atom. The molecule has 0 amide bonds. The van der Waals surface area contributed by atoms with Crippen LogP contribution in [0.2, 0.25) is 0 Å². The molecular formula is C11H16N6O. The summed E-state index contributed by atoms with van der Waals surface area (Å²) >= 11 is 0. The Labute approximate surface area is 104 Å². The second-order valence-corrected chi connectivity index (χ2v) is 4.68. The lowest BCUT2D eigenvalue weighted by Crippen LogP contribution is -2.36. The fraction of sp³-hybridized carbons (Fsp3) is 0.636. The highest BCUT2D eigenvalue weighted by molar-refractivity contribution is 5.44. The predicted octanol–water partition coefficient (Wildman–Crippen LogP) is 0.118. The molecule has 96 valence electrons. The van der Waals surface area contributed by atoms with Gasteiger partial charge in [-0.05, 0) is 47.7 Å². The molecule has 18 heavy (non-hydrogen) atoms. The number of piperidine rings is 1. The van der Waals surface area contributed by atoms with Gasteiger partial charge in [-0.15, -0.1) is 14.8 Å². The van der Waals surface area contributed by atoms with E-state index in [-0.39, 0.29) is 6.61 Å². The Morgan fingerprint density at radius 1 is 1.39 bits per heavy atom. The summed E-state index contributed by atoms with van der Waals surface area (Å²) in [6.45, 7) is 2.21. The SMILES string of the molecule is OCCC1CCCN(c2ccc3nnnn3n2)C1. The lowest BCUT2D eigenvalue weighted by Gasteiger charge is -2.33. The monoisotopic (exact) mass is 248 g/mol. The second-order valence-electron chi connectivity index (χ2n) is 4.68. The van der Waals surface area contributed by atoms with Gasteiger partial charge in [0.25, 0.3) is 0 Å². The number of anilines is 1. The molecule has 1 aliphatic rings. The number of aliphatic hydroxyl groups excluding tert-OH is 1. The van der Waals surface area contributed by atoms with Gasteiger partial charge < -0.3 is 10.0 Å². The van der Waals surface area contributed by atoms with E-state index in [9.17, 15) is 0 Å². The number of rotatable bonds is 3. The molecule has 0 saturated carbocycles. The maximum atomic E-state index is 9.02. The van der Waals surface area contributed by atoms with E-state index in [1.807, 2.05) is 12.1 Å². The molecule has 1 atom stereocenters. The zero-order valence-electron chi connectivity index (χ0n) is 10.1. The van der Waals surface area contributed by atoms with E-state index < -0.39 is 0 Å². The number of tetrazole rings is 1. The van der Waals surface area contributed by atoms with Gasteiger partial charge in [-0.3, -0.25) is 0 Å². The maximum absolute atomic E-state index is 9.02. The van der Waals surface area contributed by atoms with Crippen molar-refractivity contribution in [1.82, 2.24) is 25.3 Å². The van der Waals surface area contributed by atoms with Crippen molar-refractivity contribution in [3.63, 3.8) is 0 Å². The van der Waals surface area contributed by atoms with Gasteiger partial charge in [-0.25, -0.2) is 0 Å². The van der Waals surface area contributed by atoms with Crippen molar-refractivity contribution in [2.24, 2.45) is 5.92 Å². The zero-order chi connectivity index (χ0) is 12.4. The second kappa shape index (κ2) is 4.85. The Kier molecular flexibility index (Phi) is 3.06. The molecule has 1 unspecified atom stereocenters. The van der Waals surface area contributed by atoms with Crippen LogP contribution in [0.15, 0.2) is 12.1 Å². The minimum Gasteiger partial charge on any atom is -0.396 e. The molecule has 0 aromatic carbocycles. The molecule has 7 nitrogen and oxygen atoms in total. The first-order chi connectivity index (χ1) is 8.86. The Bertz CT molecular complexity index is 525. The van der Waals surface area contributed by atoms with Crippen molar-refractivity contribution >= 4 is 11.5 Å². The van der Waals surface area contributed by atoms with Gasteiger partial charge >= 0.3 is 0 Å². The van der Waals surface area contributed by atoms with Crippen LogP contribution in [0.1, 0.15) is 19.3 Å². The smallest absolute Gasteiger partial charge is 0.200 e. The Hall–Kier alpha value is -1.76. The van der Waals surface area contributed by atoms with Gasteiger partial charge in [-0.2, -0.15) is 0 Å². The number of fused-ring (bicyclic) bond motifs is 1. The van der Waals surface area contributed by atoms with Crippen molar-refractivity contribution in [2.45, 2.75) is 19.3 Å². The minimum absolute atomic E-state index is 0.262. The lowest BCUT2D eigenvalue weighted by molar-refractivity contribution is 0.244. The fourth-order valence-electron chi connectivity index (χ4n) is 2.50. The van der Waals surface area contributed by atoms with Crippen LogP contribution >= 0.6 is 0 Å². The number of nitrogens with zero attached hydrogens (tertiary/aromatic N) is 6. The van der Waals surface area contributed by atoms with Crippen LogP contribution in [0.4, 0.5) is 5.82 Å². The van der Waals surface area contributed by atoms with Gasteiger partial charge in [-0.1, -0.05) is 0 Å². The number of hydrogen-bond acceptors (Lipinski definition) is 6. The van der Waals surface area contributed by atoms with E-state index in [0.717, 1.165) is 31.7 Å². The highest BCUT2D eigenvalue weighted by atomic mass is 16.3. The molecule has 1 N–H and O–H groups in total. The standard InChI is InChI=1S/C11H16N6O/c18-7-5-9-2-1-6-16(8-9)11-4-3-10-12-14-15-17(10)13-11/h3-4,9,18H,1-2,5-8H2. The van der Waals surface area contributed by atoms with Crippen molar-refractivity contribution in [1.29, 1.82) is 0 Å². The Balaban J connectivity index is 1.80. The van der Waals surface area contributed by atoms with E-state index in [4.69, 9.17) is 5.11 Å². The van der Waals surface area contributed by atoms with Crippen LogP contribution in [0, 0.1) is 5.92 Å². The van der Waals surface area contributed by atoms with E-state index in [1.54, 1.807) is 0 Å². The van der Waals surface area contributed by atoms with Crippen LogP contribution in [-0.2, 0) is 0 Å². The highest BCUT2D eigenvalue weighted by Gasteiger charge is 2.20. The first-order valence-corrected chi connectivity index (χ1v) is 6.28. The average Bonchev–Trinajstić information content (AvgIpc) is 2.86. The van der Waals surface area contributed by atoms with Gasteiger partial charge in [0.05, 0.1) is 0 Å². The van der Waals surface area contributed by atoms with Gasteiger partial charge in [0, 0.05) is 19.7 Å². The Morgan fingerprint density at radius 3 is 3.22 bits per heavy atom. The number of aromatic nitrogens is 5. The summed E-state index contributed by atoms with van der Waals surface area (Å²) in [6, 6.07) is 3.82.